The Morgan fingerprint density at radius 2 is 2.00 bits per heavy atom. The van der Waals surface area contributed by atoms with Gasteiger partial charge in [0, 0.05) is 19.6 Å². The summed E-state index contributed by atoms with van der Waals surface area (Å²) >= 11 is 0. The Morgan fingerprint density at radius 1 is 1.29 bits per heavy atom. The Kier molecular flexibility index (Phi) is 4.07. The molecule has 1 aromatic rings. The molecule has 0 aromatic heterocycles. The standard InChI is InChI=1S/C13H16F2O2/c14-11-3-1-2-10(13(11)15)8-12(16)9-4-6-17-7-5-9/h1-3,9,12,16H,4-8H2. The van der Waals surface area contributed by atoms with Crippen molar-refractivity contribution in [2.45, 2.75) is 25.4 Å². The van der Waals surface area contributed by atoms with Crippen LogP contribution in [-0.2, 0) is 11.2 Å². The van der Waals surface area contributed by atoms with Crippen LogP contribution in [0.4, 0.5) is 8.78 Å². The predicted octanol–water partition coefficient (Wildman–Crippen LogP) is 2.29. The Labute approximate surface area is 99.2 Å². The van der Waals surface area contributed by atoms with Crippen molar-refractivity contribution >= 4 is 0 Å². The first-order valence-electron chi connectivity index (χ1n) is 5.87. The van der Waals surface area contributed by atoms with Crippen LogP contribution < -0.4 is 0 Å². The first kappa shape index (κ1) is 12.5. The molecule has 1 unspecified atom stereocenters. The molecule has 2 nitrogen and oxygen atoms in total. The number of ether oxygens (including phenoxy) is 1. The van der Waals surface area contributed by atoms with E-state index in [1.807, 2.05) is 0 Å². The van der Waals surface area contributed by atoms with E-state index in [9.17, 15) is 13.9 Å². The second-order valence-corrected chi connectivity index (χ2v) is 4.43. The fourth-order valence-electron chi connectivity index (χ4n) is 2.20. The summed E-state index contributed by atoms with van der Waals surface area (Å²) in [4.78, 5) is 0. The number of rotatable bonds is 3. The second kappa shape index (κ2) is 5.56. The summed E-state index contributed by atoms with van der Waals surface area (Å²) in [5, 5.41) is 10.00. The molecule has 0 spiro atoms. The SMILES string of the molecule is OC(Cc1cccc(F)c1F)C1CCOCC1. The number of hydrogen-bond donors (Lipinski definition) is 1. The van der Waals surface area contributed by atoms with Crippen LogP contribution in [0.1, 0.15) is 18.4 Å². The van der Waals surface area contributed by atoms with Gasteiger partial charge in [-0.2, -0.15) is 0 Å². The lowest BCUT2D eigenvalue weighted by Gasteiger charge is -2.26. The van der Waals surface area contributed by atoms with Crippen LogP contribution in [-0.4, -0.2) is 24.4 Å². The predicted molar refractivity (Wildman–Crippen MR) is 59.6 cm³/mol. The number of aliphatic hydroxyl groups excluding tert-OH is 1. The number of benzene rings is 1. The van der Waals surface area contributed by atoms with Gasteiger partial charge in [-0.25, -0.2) is 8.78 Å². The van der Waals surface area contributed by atoms with Crippen molar-refractivity contribution in [3.8, 4) is 0 Å². The summed E-state index contributed by atoms with van der Waals surface area (Å²) in [6, 6.07) is 4.06. The smallest absolute Gasteiger partial charge is 0.162 e. The Balaban J connectivity index is 2.01. The van der Waals surface area contributed by atoms with Gasteiger partial charge in [0.05, 0.1) is 6.10 Å². The van der Waals surface area contributed by atoms with E-state index in [0.29, 0.717) is 13.2 Å². The topological polar surface area (TPSA) is 29.5 Å². The van der Waals surface area contributed by atoms with E-state index in [4.69, 9.17) is 4.74 Å². The Morgan fingerprint density at radius 3 is 2.71 bits per heavy atom. The van der Waals surface area contributed by atoms with E-state index < -0.39 is 17.7 Å². The maximum Gasteiger partial charge on any atom is 0.162 e. The number of halogens is 2. The van der Waals surface area contributed by atoms with E-state index in [1.165, 1.54) is 12.1 Å². The van der Waals surface area contributed by atoms with E-state index in [-0.39, 0.29) is 17.9 Å². The van der Waals surface area contributed by atoms with Crippen molar-refractivity contribution in [1.29, 1.82) is 0 Å². The summed E-state index contributed by atoms with van der Waals surface area (Å²) in [5.74, 6) is -1.59. The van der Waals surface area contributed by atoms with Gasteiger partial charge in [0.15, 0.2) is 11.6 Å². The Bertz CT molecular complexity index is 376. The molecule has 1 fully saturated rings. The largest absolute Gasteiger partial charge is 0.392 e. The quantitative estimate of drug-likeness (QED) is 0.881. The summed E-state index contributed by atoms with van der Waals surface area (Å²) in [7, 11) is 0. The van der Waals surface area contributed by atoms with Crippen molar-refractivity contribution in [3.05, 3.63) is 35.4 Å². The molecule has 0 saturated carbocycles. The van der Waals surface area contributed by atoms with Crippen LogP contribution in [0.5, 0.6) is 0 Å². The molecule has 0 radical (unpaired) electrons. The fraction of sp³-hybridized carbons (Fsp3) is 0.538. The van der Waals surface area contributed by atoms with Gasteiger partial charge in [0.25, 0.3) is 0 Å². The van der Waals surface area contributed by atoms with Crippen molar-refractivity contribution in [2.75, 3.05) is 13.2 Å². The minimum atomic E-state index is -0.860. The summed E-state index contributed by atoms with van der Waals surface area (Å²) in [6.45, 7) is 1.26. The normalized spacial score (nSPS) is 19.2. The summed E-state index contributed by atoms with van der Waals surface area (Å²) < 4.78 is 31.6. The molecule has 94 valence electrons. The molecule has 1 heterocycles. The first-order valence-corrected chi connectivity index (χ1v) is 5.87. The lowest BCUT2D eigenvalue weighted by atomic mass is 9.90. The molecule has 1 saturated heterocycles. The van der Waals surface area contributed by atoms with Crippen molar-refractivity contribution in [2.24, 2.45) is 5.92 Å². The van der Waals surface area contributed by atoms with E-state index >= 15 is 0 Å². The van der Waals surface area contributed by atoms with Gasteiger partial charge in [0.1, 0.15) is 0 Å². The maximum absolute atomic E-state index is 13.4. The molecule has 1 aromatic carbocycles. The van der Waals surface area contributed by atoms with Gasteiger partial charge in [-0.3, -0.25) is 0 Å². The third-order valence-corrected chi connectivity index (χ3v) is 3.27. The van der Waals surface area contributed by atoms with Gasteiger partial charge in [-0.15, -0.1) is 0 Å². The highest BCUT2D eigenvalue weighted by Crippen LogP contribution is 2.23. The molecule has 0 bridgehead atoms. The fourth-order valence-corrected chi connectivity index (χ4v) is 2.20. The zero-order chi connectivity index (χ0) is 12.3. The zero-order valence-electron chi connectivity index (χ0n) is 9.53. The molecule has 0 amide bonds. The molecule has 1 aliphatic rings. The van der Waals surface area contributed by atoms with Gasteiger partial charge in [-0.05, 0) is 30.4 Å². The van der Waals surface area contributed by atoms with Gasteiger partial charge >= 0.3 is 0 Å². The molecule has 17 heavy (non-hydrogen) atoms. The lowest BCUT2D eigenvalue weighted by Crippen LogP contribution is -2.29. The average molecular weight is 242 g/mol. The molecule has 4 heteroatoms. The number of hydrogen-bond acceptors (Lipinski definition) is 2. The van der Waals surface area contributed by atoms with E-state index in [2.05, 4.69) is 0 Å². The van der Waals surface area contributed by atoms with E-state index in [1.54, 1.807) is 0 Å². The van der Waals surface area contributed by atoms with Crippen LogP contribution in [0, 0.1) is 17.6 Å². The third kappa shape index (κ3) is 3.01. The molecular weight excluding hydrogens is 226 g/mol. The van der Waals surface area contributed by atoms with Gasteiger partial charge in [0.2, 0.25) is 0 Å². The van der Waals surface area contributed by atoms with Gasteiger partial charge in [-0.1, -0.05) is 12.1 Å². The van der Waals surface area contributed by atoms with E-state index in [0.717, 1.165) is 18.9 Å². The molecule has 2 rings (SSSR count). The summed E-state index contributed by atoms with van der Waals surface area (Å²) in [5.41, 5.74) is 0.240. The van der Waals surface area contributed by atoms with Crippen LogP contribution in [0.25, 0.3) is 0 Å². The molecule has 0 aliphatic carbocycles. The molecule has 1 aliphatic heterocycles. The van der Waals surface area contributed by atoms with Crippen molar-refractivity contribution in [3.63, 3.8) is 0 Å². The first-order chi connectivity index (χ1) is 8.18. The highest BCUT2D eigenvalue weighted by molar-refractivity contribution is 5.19. The summed E-state index contributed by atoms with van der Waals surface area (Å²) in [6.07, 6.45) is 1.08. The van der Waals surface area contributed by atoms with Crippen LogP contribution in [0.2, 0.25) is 0 Å². The highest BCUT2D eigenvalue weighted by atomic mass is 19.2. The number of aliphatic hydroxyl groups is 1. The minimum Gasteiger partial charge on any atom is -0.392 e. The average Bonchev–Trinajstić information content (AvgIpc) is 2.36. The van der Waals surface area contributed by atoms with Crippen LogP contribution in [0.15, 0.2) is 18.2 Å². The van der Waals surface area contributed by atoms with Crippen molar-refractivity contribution < 1.29 is 18.6 Å². The lowest BCUT2D eigenvalue weighted by molar-refractivity contribution is 0.00808. The monoisotopic (exact) mass is 242 g/mol. The van der Waals surface area contributed by atoms with Crippen LogP contribution in [0.3, 0.4) is 0 Å². The third-order valence-electron chi connectivity index (χ3n) is 3.27. The minimum absolute atomic E-state index is 0.117. The van der Waals surface area contributed by atoms with Gasteiger partial charge < -0.3 is 9.84 Å². The second-order valence-electron chi connectivity index (χ2n) is 4.43. The molecule has 1 N–H and O–H groups in total. The highest BCUT2D eigenvalue weighted by Gasteiger charge is 2.23. The maximum atomic E-state index is 13.4. The van der Waals surface area contributed by atoms with Crippen molar-refractivity contribution in [1.82, 2.24) is 0 Å². The van der Waals surface area contributed by atoms with Crippen LogP contribution >= 0.6 is 0 Å². The Hall–Kier alpha value is -1.00. The molecular formula is C13H16F2O2. The zero-order valence-corrected chi connectivity index (χ0v) is 9.53. The molecule has 1 atom stereocenters.